The number of anilines is 1. The Kier molecular flexibility index (Phi) is 6.43. The van der Waals surface area contributed by atoms with E-state index in [9.17, 15) is 14.4 Å². The Hall–Kier alpha value is -2.98. The van der Waals surface area contributed by atoms with Crippen LogP contribution < -0.4 is 5.32 Å². The highest BCUT2D eigenvalue weighted by atomic mass is 32.1. The minimum absolute atomic E-state index is 0.0449. The number of hydrogen-bond acceptors (Lipinski definition) is 6. The van der Waals surface area contributed by atoms with Crippen LogP contribution in [0.15, 0.2) is 41.8 Å². The number of nitrogens with one attached hydrogen (secondary N) is 1. The third-order valence-corrected chi connectivity index (χ3v) is 4.22. The fourth-order valence-electron chi connectivity index (χ4n) is 1.96. The number of carbonyl (C=O) groups excluding carboxylic acids is 3. The van der Waals surface area contributed by atoms with Crippen LogP contribution >= 0.6 is 11.3 Å². The van der Waals surface area contributed by atoms with Crippen molar-refractivity contribution in [1.29, 1.82) is 5.26 Å². The third-order valence-electron chi connectivity index (χ3n) is 3.31. The van der Waals surface area contributed by atoms with E-state index in [2.05, 4.69) is 5.32 Å². The molecule has 0 aliphatic rings. The SMILES string of the molecule is C[C@@H](OC(=O)CCC(=O)c1cccs1)C(=O)Nc1ccc(C#N)cc1. The van der Waals surface area contributed by atoms with E-state index in [0.29, 0.717) is 16.1 Å². The average molecular weight is 356 g/mol. The van der Waals surface area contributed by atoms with Gasteiger partial charge in [0.2, 0.25) is 0 Å². The molecule has 6 nitrogen and oxygen atoms in total. The summed E-state index contributed by atoms with van der Waals surface area (Å²) in [6.45, 7) is 1.46. The van der Waals surface area contributed by atoms with Gasteiger partial charge in [0, 0.05) is 12.1 Å². The van der Waals surface area contributed by atoms with Gasteiger partial charge >= 0.3 is 5.97 Å². The maximum absolute atomic E-state index is 12.0. The zero-order valence-electron chi connectivity index (χ0n) is 13.5. The molecule has 0 aliphatic carbocycles. The van der Waals surface area contributed by atoms with Gasteiger partial charge in [0.1, 0.15) is 0 Å². The normalized spacial score (nSPS) is 11.2. The van der Waals surface area contributed by atoms with Crippen LogP contribution in [0.4, 0.5) is 5.69 Å². The van der Waals surface area contributed by atoms with Gasteiger partial charge in [0.25, 0.3) is 5.91 Å². The van der Waals surface area contributed by atoms with Crippen LogP contribution in [0, 0.1) is 11.3 Å². The number of thiophene rings is 1. The van der Waals surface area contributed by atoms with Crippen LogP contribution in [-0.2, 0) is 14.3 Å². The Morgan fingerprint density at radius 2 is 1.92 bits per heavy atom. The molecule has 1 aromatic heterocycles. The summed E-state index contributed by atoms with van der Waals surface area (Å²) < 4.78 is 5.04. The molecule has 1 heterocycles. The monoisotopic (exact) mass is 356 g/mol. The fraction of sp³-hybridized carbons (Fsp3) is 0.222. The van der Waals surface area contributed by atoms with Crippen molar-refractivity contribution in [3.63, 3.8) is 0 Å². The van der Waals surface area contributed by atoms with Crippen LogP contribution in [0.1, 0.15) is 35.0 Å². The zero-order chi connectivity index (χ0) is 18.2. The second-order valence-corrected chi connectivity index (χ2v) is 6.16. The Morgan fingerprint density at radius 1 is 1.20 bits per heavy atom. The Morgan fingerprint density at radius 3 is 2.52 bits per heavy atom. The van der Waals surface area contributed by atoms with Gasteiger partial charge in [-0.1, -0.05) is 6.07 Å². The van der Waals surface area contributed by atoms with Crippen molar-refractivity contribution in [1.82, 2.24) is 0 Å². The molecule has 0 radical (unpaired) electrons. The van der Waals surface area contributed by atoms with E-state index in [-0.39, 0.29) is 18.6 Å². The van der Waals surface area contributed by atoms with Crippen LogP contribution in [0.3, 0.4) is 0 Å². The first kappa shape index (κ1) is 18.4. The zero-order valence-corrected chi connectivity index (χ0v) is 14.3. The molecular formula is C18H16N2O4S. The number of hydrogen-bond donors (Lipinski definition) is 1. The predicted molar refractivity (Wildman–Crippen MR) is 93.2 cm³/mol. The lowest BCUT2D eigenvalue weighted by atomic mass is 10.2. The molecule has 0 spiro atoms. The van der Waals surface area contributed by atoms with Crippen molar-refractivity contribution in [3.8, 4) is 6.07 Å². The largest absolute Gasteiger partial charge is 0.453 e. The lowest BCUT2D eigenvalue weighted by molar-refractivity contribution is -0.153. The van der Waals surface area contributed by atoms with E-state index in [4.69, 9.17) is 10.00 Å². The molecule has 2 rings (SSSR count). The average Bonchev–Trinajstić information content (AvgIpc) is 3.15. The molecule has 1 amide bonds. The van der Waals surface area contributed by atoms with Crippen molar-refractivity contribution in [2.75, 3.05) is 5.32 Å². The van der Waals surface area contributed by atoms with E-state index in [1.807, 2.05) is 6.07 Å². The van der Waals surface area contributed by atoms with Gasteiger partial charge < -0.3 is 10.1 Å². The van der Waals surface area contributed by atoms with Gasteiger partial charge in [-0.3, -0.25) is 14.4 Å². The highest BCUT2D eigenvalue weighted by Gasteiger charge is 2.19. The fourth-order valence-corrected chi connectivity index (χ4v) is 2.65. The highest BCUT2D eigenvalue weighted by molar-refractivity contribution is 7.12. The van der Waals surface area contributed by atoms with Gasteiger partial charge in [0.05, 0.1) is 22.9 Å². The molecule has 1 atom stereocenters. The van der Waals surface area contributed by atoms with Crippen LogP contribution in [0.5, 0.6) is 0 Å². The number of carbonyl (C=O) groups is 3. The maximum Gasteiger partial charge on any atom is 0.307 e. The standard InChI is InChI=1S/C18H16N2O4S/c1-12(18(23)20-14-6-4-13(11-19)5-7-14)24-17(22)9-8-15(21)16-3-2-10-25-16/h2-7,10,12H,8-9H2,1H3,(H,20,23)/t12-/m1/s1. The molecule has 1 aromatic carbocycles. The van der Waals surface area contributed by atoms with Crippen molar-refractivity contribution in [2.24, 2.45) is 0 Å². The summed E-state index contributed by atoms with van der Waals surface area (Å²) in [6.07, 6.45) is -1.02. The second kappa shape index (κ2) is 8.76. The van der Waals surface area contributed by atoms with Crippen molar-refractivity contribution in [3.05, 3.63) is 52.2 Å². The molecule has 0 bridgehead atoms. The Balaban J connectivity index is 1.78. The second-order valence-electron chi connectivity index (χ2n) is 5.21. The Labute approximate surface area is 149 Å². The smallest absolute Gasteiger partial charge is 0.307 e. The molecule has 0 aliphatic heterocycles. The Bertz CT molecular complexity index is 791. The van der Waals surface area contributed by atoms with Crippen molar-refractivity contribution < 1.29 is 19.1 Å². The van der Waals surface area contributed by atoms with Gasteiger partial charge in [0.15, 0.2) is 11.9 Å². The third kappa shape index (κ3) is 5.55. The first-order valence-electron chi connectivity index (χ1n) is 7.57. The lowest BCUT2D eigenvalue weighted by Crippen LogP contribution is -2.30. The molecule has 0 unspecified atom stereocenters. The van der Waals surface area contributed by atoms with Gasteiger partial charge in [-0.05, 0) is 42.6 Å². The van der Waals surface area contributed by atoms with Gasteiger partial charge in [-0.15, -0.1) is 11.3 Å². The number of ether oxygens (including phenoxy) is 1. The molecule has 128 valence electrons. The molecule has 0 saturated heterocycles. The van der Waals surface area contributed by atoms with E-state index >= 15 is 0 Å². The number of amides is 1. The predicted octanol–water partition coefficient (Wildman–Crippen LogP) is 3.15. The lowest BCUT2D eigenvalue weighted by Gasteiger charge is -2.13. The van der Waals surface area contributed by atoms with Gasteiger partial charge in [-0.2, -0.15) is 5.26 Å². The summed E-state index contributed by atoms with van der Waals surface area (Å²) >= 11 is 1.32. The van der Waals surface area contributed by atoms with E-state index in [1.54, 1.807) is 41.8 Å². The number of Topliss-reactive ketones (excluding diaryl/α,β-unsaturated/α-hetero) is 1. The quantitative estimate of drug-likeness (QED) is 0.607. The highest BCUT2D eigenvalue weighted by Crippen LogP contribution is 2.13. The minimum Gasteiger partial charge on any atom is -0.453 e. The van der Waals surface area contributed by atoms with Crippen LogP contribution in [0.25, 0.3) is 0 Å². The molecule has 25 heavy (non-hydrogen) atoms. The molecule has 2 aromatic rings. The number of rotatable bonds is 7. The molecule has 1 N–H and O–H groups in total. The number of nitrogens with zero attached hydrogens (tertiary/aromatic N) is 1. The van der Waals surface area contributed by atoms with E-state index in [1.165, 1.54) is 18.3 Å². The number of nitriles is 1. The molecule has 0 saturated carbocycles. The summed E-state index contributed by atoms with van der Waals surface area (Å²) in [4.78, 5) is 36.2. The summed E-state index contributed by atoms with van der Waals surface area (Å²) in [7, 11) is 0. The van der Waals surface area contributed by atoms with Crippen LogP contribution in [-0.4, -0.2) is 23.8 Å². The van der Waals surface area contributed by atoms with E-state index in [0.717, 1.165) is 0 Å². The number of esters is 1. The van der Waals surface area contributed by atoms with Gasteiger partial charge in [-0.25, -0.2) is 0 Å². The first-order chi connectivity index (χ1) is 12.0. The molecule has 0 fully saturated rings. The summed E-state index contributed by atoms with van der Waals surface area (Å²) in [5.74, 6) is -1.21. The maximum atomic E-state index is 12.0. The van der Waals surface area contributed by atoms with Crippen molar-refractivity contribution in [2.45, 2.75) is 25.9 Å². The van der Waals surface area contributed by atoms with E-state index < -0.39 is 18.0 Å². The van der Waals surface area contributed by atoms with Crippen molar-refractivity contribution >= 4 is 34.7 Å². The summed E-state index contributed by atoms with van der Waals surface area (Å²) in [5, 5.41) is 13.1. The summed E-state index contributed by atoms with van der Waals surface area (Å²) in [5.41, 5.74) is 0.979. The topological polar surface area (TPSA) is 96.3 Å². The van der Waals surface area contributed by atoms with Crippen LogP contribution in [0.2, 0.25) is 0 Å². The minimum atomic E-state index is -0.986. The molecular weight excluding hydrogens is 340 g/mol. The first-order valence-corrected chi connectivity index (χ1v) is 8.45. The number of ketones is 1. The molecule has 7 heteroatoms. The number of benzene rings is 1. The summed E-state index contributed by atoms with van der Waals surface area (Å²) in [6, 6.07) is 11.8.